The Labute approximate surface area is 146 Å². The molecule has 25 heavy (non-hydrogen) atoms. The van der Waals surface area contributed by atoms with Crippen molar-refractivity contribution in [2.75, 3.05) is 0 Å². The van der Waals surface area contributed by atoms with Gasteiger partial charge in [0.2, 0.25) is 5.82 Å². The van der Waals surface area contributed by atoms with Gasteiger partial charge in [0, 0.05) is 17.0 Å². The molecule has 0 unspecified atom stereocenters. The largest absolute Gasteiger partial charge is 0.508 e. The average Bonchev–Trinajstić information content (AvgIpc) is 3.16. The van der Waals surface area contributed by atoms with Crippen molar-refractivity contribution in [1.82, 2.24) is 9.97 Å². The number of carboxylic acid groups (broad SMARTS) is 1. The number of phenols is 1. The Morgan fingerprint density at radius 2 is 2.08 bits per heavy atom. The third-order valence-corrected chi connectivity index (χ3v) is 5.17. The molecule has 2 aromatic heterocycles. The number of phenolic OH excluding ortho intramolecular Hbond substituents is 1. The van der Waals surface area contributed by atoms with E-state index in [1.54, 1.807) is 18.2 Å². The van der Waals surface area contributed by atoms with E-state index in [2.05, 4.69) is 9.97 Å². The van der Waals surface area contributed by atoms with E-state index in [1.807, 2.05) is 6.07 Å². The first-order valence-corrected chi connectivity index (χ1v) is 8.57. The monoisotopic (exact) mass is 359 g/mol. The number of rotatable bonds is 2. The summed E-state index contributed by atoms with van der Waals surface area (Å²) in [6.45, 7) is 0.396. The van der Waals surface area contributed by atoms with Gasteiger partial charge in [-0.05, 0) is 30.9 Å². The number of fused-ring (bicyclic) bond motifs is 3. The molecule has 4 rings (SSSR count). The van der Waals surface area contributed by atoms with Gasteiger partial charge in [0.15, 0.2) is 0 Å². The van der Waals surface area contributed by atoms with Gasteiger partial charge in [0.1, 0.15) is 10.6 Å². The number of hydrogen-bond donors (Lipinski definition) is 4. The maximum absolute atomic E-state index is 11.8. The summed E-state index contributed by atoms with van der Waals surface area (Å²) in [6, 6.07) is 7.05. The second-order valence-electron chi connectivity index (χ2n) is 5.59. The molecule has 0 saturated heterocycles. The molecule has 0 aliphatic heterocycles. The summed E-state index contributed by atoms with van der Waals surface area (Å²) in [7, 11) is 0. The number of nitrogens with two attached hydrogens (primary N) is 1. The number of carboxylic acids is 1. The van der Waals surface area contributed by atoms with E-state index < -0.39 is 5.97 Å². The Bertz CT molecular complexity index is 993. The number of aryl methyl sites for hydroxylation is 2. The summed E-state index contributed by atoms with van der Waals surface area (Å²) in [5, 5.41) is 18.4. The van der Waals surface area contributed by atoms with Crippen LogP contribution in [-0.4, -0.2) is 26.2 Å². The SMILES string of the molecule is NCc1ccccc1O.O=C(O)c1nc2sc3c(c2c(=O)[nH]1)CCC3. The minimum Gasteiger partial charge on any atom is -0.508 e. The van der Waals surface area contributed by atoms with Gasteiger partial charge in [-0.25, -0.2) is 9.78 Å². The van der Waals surface area contributed by atoms with Gasteiger partial charge in [0.05, 0.1) is 5.39 Å². The number of nitrogens with one attached hydrogen (secondary N) is 1. The second kappa shape index (κ2) is 7.04. The van der Waals surface area contributed by atoms with Gasteiger partial charge in [0.25, 0.3) is 5.56 Å². The fraction of sp³-hybridized carbons (Fsp3) is 0.235. The predicted octanol–water partition coefficient (Wildman–Crippen LogP) is 2.02. The van der Waals surface area contributed by atoms with Crippen molar-refractivity contribution in [3.05, 3.63) is 56.4 Å². The third kappa shape index (κ3) is 3.40. The third-order valence-electron chi connectivity index (χ3n) is 3.99. The van der Waals surface area contributed by atoms with Crippen molar-refractivity contribution in [3.8, 4) is 5.75 Å². The summed E-state index contributed by atoms with van der Waals surface area (Å²) in [4.78, 5) is 30.5. The predicted molar refractivity (Wildman–Crippen MR) is 95.2 cm³/mol. The Morgan fingerprint density at radius 3 is 2.72 bits per heavy atom. The van der Waals surface area contributed by atoms with Crippen molar-refractivity contribution >= 4 is 27.5 Å². The molecule has 0 spiro atoms. The van der Waals surface area contributed by atoms with Crippen LogP contribution in [0.3, 0.4) is 0 Å². The number of carbonyl (C=O) groups is 1. The first-order valence-electron chi connectivity index (χ1n) is 7.76. The van der Waals surface area contributed by atoms with Gasteiger partial charge < -0.3 is 20.9 Å². The zero-order valence-electron chi connectivity index (χ0n) is 13.3. The number of aromatic hydroxyl groups is 1. The van der Waals surface area contributed by atoms with E-state index >= 15 is 0 Å². The number of aromatic amines is 1. The highest BCUT2D eigenvalue weighted by molar-refractivity contribution is 7.18. The number of hydrogen-bond acceptors (Lipinski definition) is 6. The molecule has 8 heteroatoms. The molecular formula is C17H17N3O4S. The molecule has 130 valence electrons. The van der Waals surface area contributed by atoms with Crippen LogP contribution in [0.15, 0.2) is 29.1 Å². The van der Waals surface area contributed by atoms with Crippen LogP contribution in [0.1, 0.15) is 33.0 Å². The zero-order valence-corrected chi connectivity index (χ0v) is 14.1. The smallest absolute Gasteiger partial charge is 0.372 e. The highest BCUT2D eigenvalue weighted by Gasteiger charge is 2.22. The van der Waals surface area contributed by atoms with E-state index in [1.165, 1.54) is 16.2 Å². The summed E-state index contributed by atoms with van der Waals surface area (Å²) in [6.07, 6.45) is 2.93. The van der Waals surface area contributed by atoms with Crippen molar-refractivity contribution in [1.29, 1.82) is 0 Å². The number of aromatic nitrogens is 2. The van der Waals surface area contributed by atoms with Crippen LogP contribution < -0.4 is 11.3 Å². The number of aromatic carboxylic acids is 1. The average molecular weight is 359 g/mol. The summed E-state index contributed by atoms with van der Waals surface area (Å²) in [5.41, 5.74) is 6.81. The maximum atomic E-state index is 11.8. The fourth-order valence-corrected chi connectivity index (χ4v) is 4.05. The number of H-pyrrole nitrogens is 1. The molecule has 0 radical (unpaired) electrons. The van der Waals surface area contributed by atoms with Crippen LogP contribution in [0.5, 0.6) is 5.75 Å². The second-order valence-corrected chi connectivity index (χ2v) is 6.67. The number of nitrogens with zero attached hydrogens (tertiary/aromatic N) is 1. The summed E-state index contributed by atoms with van der Waals surface area (Å²) < 4.78 is 0. The lowest BCUT2D eigenvalue weighted by molar-refractivity contribution is 0.0683. The molecular weight excluding hydrogens is 342 g/mol. The Balaban J connectivity index is 0.000000173. The van der Waals surface area contributed by atoms with Crippen molar-refractivity contribution in [2.45, 2.75) is 25.8 Å². The number of thiophene rings is 1. The van der Waals surface area contributed by atoms with Gasteiger partial charge in [-0.2, -0.15) is 0 Å². The molecule has 1 aliphatic carbocycles. The highest BCUT2D eigenvalue weighted by Crippen LogP contribution is 2.34. The molecule has 1 aromatic carbocycles. The first kappa shape index (κ1) is 17.1. The molecule has 5 N–H and O–H groups in total. The molecule has 2 heterocycles. The van der Waals surface area contributed by atoms with E-state index in [9.17, 15) is 9.59 Å². The normalized spacial score (nSPS) is 12.5. The van der Waals surface area contributed by atoms with Crippen molar-refractivity contribution < 1.29 is 15.0 Å². The van der Waals surface area contributed by atoms with Crippen LogP contribution in [0.25, 0.3) is 10.2 Å². The van der Waals surface area contributed by atoms with Gasteiger partial charge in [-0.1, -0.05) is 18.2 Å². The van der Waals surface area contributed by atoms with Gasteiger partial charge in [-0.3, -0.25) is 4.79 Å². The summed E-state index contributed by atoms with van der Waals surface area (Å²) >= 11 is 1.44. The standard InChI is InChI=1S/C10H8N2O3S.C7H9NO/c13-8-6-4-2-1-3-5(4)16-9(6)12-7(11-8)10(14)15;8-5-6-3-1-2-4-7(6)9/h1-3H2,(H,14,15)(H,11,12,13);1-4,9H,5,8H2. The van der Waals surface area contributed by atoms with Crippen LogP contribution in [0.2, 0.25) is 0 Å². The Kier molecular flexibility index (Phi) is 4.82. The Hall–Kier alpha value is -2.71. The van der Waals surface area contributed by atoms with Crippen molar-refractivity contribution in [2.24, 2.45) is 5.73 Å². The number of benzene rings is 1. The summed E-state index contributed by atoms with van der Waals surface area (Å²) in [5.74, 6) is -1.20. The number of para-hydroxylation sites is 1. The minimum atomic E-state index is -1.20. The van der Waals surface area contributed by atoms with Crippen LogP contribution in [0.4, 0.5) is 0 Å². The lowest BCUT2D eigenvalue weighted by atomic mass is 10.2. The molecule has 3 aromatic rings. The van der Waals surface area contributed by atoms with E-state index in [4.69, 9.17) is 15.9 Å². The van der Waals surface area contributed by atoms with E-state index in [0.717, 1.165) is 30.4 Å². The molecule has 0 amide bonds. The van der Waals surface area contributed by atoms with E-state index in [-0.39, 0.29) is 17.1 Å². The molecule has 0 atom stereocenters. The highest BCUT2D eigenvalue weighted by atomic mass is 32.1. The van der Waals surface area contributed by atoms with Crippen LogP contribution >= 0.6 is 11.3 Å². The molecule has 0 bridgehead atoms. The van der Waals surface area contributed by atoms with Crippen molar-refractivity contribution in [3.63, 3.8) is 0 Å². The Morgan fingerprint density at radius 1 is 1.32 bits per heavy atom. The van der Waals surface area contributed by atoms with E-state index in [0.29, 0.717) is 16.8 Å². The zero-order chi connectivity index (χ0) is 18.0. The maximum Gasteiger partial charge on any atom is 0.372 e. The van der Waals surface area contributed by atoms with Gasteiger partial charge >= 0.3 is 5.97 Å². The lowest BCUT2D eigenvalue weighted by Gasteiger charge is -1.97. The fourth-order valence-electron chi connectivity index (χ4n) is 2.79. The molecule has 7 nitrogen and oxygen atoms in total. The minimum absolute atomic E-state index is 0.278. The van der Waals surface area contributed by atoms with Gasteiger partial charge in [-0.15, -0.1) is 11.3 Å². The quantitative estimate of drug-likeness (QED) is 0.554. The topological polar surface area (TPSA) is 129 Å². The molecule has 0 saturated carbocycles. The lowest BCUT2D eigenvalue weighted by Crippen LogP contribution is -2.15. The first-order chi connectivity index (χ1) is 12.0. The van der Waals surface area contributed by atoms with Crippen LogP contribution in [-0.2, 0) is 19.4 Å². The van der Waals surface area contributed by atoms with Crippen LogP contribution in [0, 0.1) is 0 Å². The molecule has 1 aliphatic rings. The molecule has 0 fully saturated rings.